The molecule has 0 saturated carbocycles. The molecule has 2 aromatic carbocycles. The highest BCUT2D eigenvalue weighted by atomic mass is 16.6. The van der Waals surface area contributed by atoms with Gasteiger partial charge in [0.05, 0.1) is 12.1 Å². The van der Waals surface area contributed by atoms with Crippen molar-refractivity contribution in [3.63, 3.8) is 0 Å². The second-order valence-electron chi connectivity index (χ2n) is 8.45. The third-order valence-electron chi connectivity index (χ3n) is 5.15. The molecule has 0 aliphatic carbocycles. The highest BCUT2D eigenvalue weighted by Crippen LogP contribution is 2.16. The van der Waals surface area contributed by atoms with Crippen molar-refractivity contribution in [3.8, 4) is 11.5 Å². The average molecular weight is 423 g/mol. The highest BCUT2D eigenvalue weighted by Gasteiger charge is 2.18. The van der Waals surface area contributed by atoms with Gasteiger partial charge in [0.25, 0.3) is 0 Å². The number of benzene rings is 2. The first-order valence-electron chi connectivity index (χ1n) is 10.6. The van der Waals surface area contributed by atoms with Crippen LogP contribution in [0.1, 0.15) is 38.8 Å². The van der Waals surface area contributed by atoms with E-state index in [0.29, 0.717) is 24.3 Å². The molecule has 31 heavy (non-hydrogen) atoms. The molecule has 2 rings (SSSR count). The Hall–Kier alpha value is -2.64. The highest BCUT2D eigenvalue weighted by molar-refractivity contribution is 6.20. The monoisotopic (exact) mass is 423 g/mol. The Morgan fingerprint density at radius 3 is 1.32 bits per heavy atom. The van der Waals surface area contributed by atoms with E-state index in [0.717, 1.165) is 11.1 Å². The Morgan fingerprint density at radius 1 is 0.710 bits per heavy atom. The first kappa shape index (κ1) is 24.6. The lowest BCUT2D eigenvalue weighted by molar-refractivity contribution is -0.121. The molecule has 6 nitrogen and oxygen atoms in total. The molecular formula is C24H32BN2O4. The van der Waals surface area contributed by atoms with Crippen LogP contribution in [0.3, 0.4) is 0 Å². The molecule has 0 heterocycles. The maximum atomic E-state index is 12.1. The fourth-order valence-electron chi connectivity index (χ4n) is 2.89. The van der Waals surface area contributed by atoms with Crippen LogP contribution in [0.15, 0.2) is 48.5 Å². The normalized spacial score (nSPS) is 13.0. The van der Waals surface area contributed by atoms with E-state index in [1.54, 1.807) is 24.3 Å². The van der Waals surface area contributed by atoms with Gasteiger partial charge in [-0.15, -0.1) is 0 Å². The lowest BCUT2D eigenvalue weighted by Crippen LogP contribution is -2.36. The zero-order valence-corrected chi connectivity index (χ0v) is 18.7. The molecule has 0 aliphatic heterocycles. The minimum atomic E-state index is -0.450. The molecule has 4 N–H and O–H groups in total. The van der Waals surface area contributed by atoms with Crippen molar-refractivity contribution in [2.45, 2.75) is 52.6 Å². The van der Waals surface area contributed by atoms with E-state index in [4.69, 9.17) is 20.8 Å². The van der Waals surface area contributed by atoms with E-state index in [9.17, 15) is 9.59 Å². The van der Waals surface area contributed by atoms with Gasteiger partial charge in [-0.05, 0) is 47.2 Å². The molecule has 165 valence electrons. The molecule has 0 saturated heterocycles. The van der Waals surface area contributed by atoms with Crippen LogP contribution >= 0.6 is 0 Å². The smallest absolute Gasteiger partial charge is 0.526 e. The van der Waals surface area contributed by atoms with Gasteiger partial charge in [0.15, 0.2) is 11.6 Å². The van der Waals surface area contributed by atoms with Crippen LogP contribution in [0.2, 0.25) is 0 Å². The Labute approximate surface area is 185 Å². The Morgan fingerprint density at radius 2 is 1.03 bits per heavy atom. The van der Waals surface area contributed by atoms with E-state index >= 15 is 0 Å². The van der Waals surface area contributed by atoms with Crippen LogP contribution in [0.5, 0.6) is 11.5 Å². The molecule has 2 atom stereocenters. The number of carbonyl (C=O) groups excluding carboxylic acids is 2. The quantitative estimate of drug-likeness (QED) is 0.509. The number of carbonyl (C=O) groups is 2. The number of nitrogens with two attached hydrogens (primary N) is 2. The van der Waals surface area contributed by atoms with Crippen molar-refractivity contribution in [3.05, 3.63) is 59.7 Å². The van der Waals surface area contributed by atoms with Gasteiger partial charge in [-0.25, -0.2) is 0 Å². The van der Waals surface area contributed by atoms with Gasteiger partial charge in [0.1, 0.15) is 11.5 Å². The molecule has 7 heteroatoms. The first-order valence-corrected chi connectivity index (χ1v) is 10.6. The predicted octanol–water partition coefficient (Wildman–Crippen LogP) is 2.87. The molecule has 0 bridgehead atoms. The second kappa shape index (κ2) is 11.7. The molecule has 1 radical (unpaired) electrons. The first-order chi connectivity index (χ1) is 14.7. The van der Waals surface area contributed by atoms with Crippen molar-refractivity contribution in [2.24, 2.45) is 23.3 Å². The minimum Gasteiger partial charge on any atom is -0.526 e. The van der Waals surface area contributed by atoms with Crippen LogP contribution in [-0.4, -0.2) is 31.3 Å². The van der Waals surface area contributed by atoms with Gasteiger partial charge in [-0.3, -0.25) is 9.59 Å². The van der Waals surface area contributed by atoms with Crippen LogP contribution < -0.4 is 20.8 Å². The van der Waals surface area contributed by atoms with Gasteiger partial charge in [0.2, 0.25) is 0 Å². The summed E-state index contributed by atoms with van der Waals surface area (Å²) >= 11 is 0. The van der Waals surface area contributed by atoms with E-state index < -0.39 is 12.1 Å². The largest absolute Gasteiger partial charge is 0.658 e. The minimum absolute atomic E-state index is 0.0231. The molecule has 0 fully saturated rings. The summed E-state index contributed by atoms with van der Waals surface area (Å²) in [6.45, 7) is 7.74. The summed E-state index contributed by atoms with van der Waals surface area (Å²) in [6, 6.07) is 13.5. The number of hydrogen-bond donors (Lipinski definition) is 2. The molecule has 0 amide bonds. The summed E-state index contributed by atoms with van der Waals surface area (Å²) < 4.78 is 11.0. The zero-order chi connectivity index (χ0) is 23.0. The van der Waals surface area contributed by atoms with Crippen molar-refractivity contribution in [1.82, 2.24) is 0 Å². The van der Waals surface area contributed by atoms with Crippen molar-refractivity contribution < 1.29 is 18.9 Å². The fraction of sp³-hybridized carbons (Fsp3) is 0.417. The number of rotatable bonds is 12. The summed E-state index contributed by atoms with van der Waals surface area (Å²) in [5.74, 6) is 1.47. The molecule has 0 spiro atoms. The van der Waals surface area contributed by atoms with Gasteiger partial charge in [-0.1, -0.05) is 52.0 Å². The van der Waals surface area contributed by atoms with Crippen LogP contribution in [0.4, 0.5) is 0 Å². The Kier molecular flexibility index (Phi) is 9.28. The summed E-state index contributed by atoms with van der Waals surface area (Å²) in [5.41, 5.74) is 13.6. The third-order valence-corrected chi connectivity index (χ3v) is 5.15. The van der Waals surface area contributed by atoms with Crippen LogP contribution in [0.25, 0.3) is 0 Å². The summed E-state index contributed by atoms with van der Waals surface area (Å²) in [4.78, 5) is 24.2. The van der Waals surface area contributed by atoms with Crippen molar-refractivity contribution >= 4 is 19.3 Å². The van der Waals surface area contributed by atoms with E-state index in [2.05, 4.69) is 0 Å². The lowest BCUT2D eigenvalue weighted by Gasteiger charge is -2.14. The average Bonchev–Trinajstić information content (AvgIpc) is 2.74. The third kappa shape index (κ3) is 7.85. The predicted molar refractivity (Wildman–Crippen MR) is 123 cm³/mol. The number of Topliss-reactive ketones (excluding diaryl/α,β-unsaturated/α-hetero) is 2. The maximum absolute atomic E-state index is 12.1. The Balaban J connectivity index is 1.79. The fourth-order valence-corrected chi connectivity index (χ4v) is 2.89. The van der Waals surface area contributed by atoms with Gasteiger partial charge in [-0.2, -0.15) is 0 Å². The summed E-state index contributed by atoms with van der Waals surface area (Å²) in [7, 11) is 1.24. The lowest BCUT2D eigenvalue weighted by atomic mass is 9.96. The van der Waals surface area contributed by atoms with Gasteiger partial charge in [0, 0.05) is 12.8 Å². The molecule has 0 aromatic heterocycles. The molecule has 0 unspecified atom stereocenters. The second-order valence-corrected chi connectivity index (χ2v) is 8.45. The summed E-state index contributed by atoms with van der Waals surface area (Å²) in [5, 5.41) is 0. The van der Waals surface area contributed by atoms with Gasteiger partial charge < -0.3 is 20.8 Å². The van der Waals surface area contributed by atoms with Crippen LogP contribution in [-0.2, 0) is 22.4 Å². The topological polar surface area (TPSA) is 105 Å². The molecule has 2 aromatic rings. The van der Waals surface area contributed by atoms with E-state index in [1.807, 2.05) is 52.0 Å². The van der Waals surface area contributed by atoms with Gasteiger partial charge >= 0.3 is 7.69 Å². The maximum Gasteiger partial charge on any atom is 0.658 e. The Bertz CT molecular complexity index is 779. The molecule has 0 aliphatic rings. The van der Waals surface area contributed by atoms with Crippen molar-refractivity contribution in [1.29, 1.82) is 0 Å². The van der Waals surface area contributed by atoms with E-state index in [1.165, 1.54) is 7.69 Å². The number of ketones is 2. The SMILES string of the molecule is CC(C)[C@H](N)C(=O)Cc1ccc(O[B]Oc2ccc(CC(=O)[C@@H](N)C(C)C)cc2)cc1. The molecular weight excluding hydrogens is 391 g/mol. The van der Waals surface area contributed by atoms with Crippen LogP contribution in [0, 0.1) is 11.8 Å². The standard InChI is InChI=1S/C24H32BN2O4/c1-15(2)23(26)21(28)13-17-5-9-19(10-6-17)30-25-31-20-11-7-18(8-12-20)14-22(29)24(27)16(3)4/h5-12,15-16,23-24H,13-14,26-27H2,1-4H3/t23-,24-/m0/s1. The number of hydrogen-bond acceptors (Lipinski definition) is 6. The zero-order valence-electron chi connectivity index (χ0n) is 18.7. The summed E-state index contributed by atoms with van der Waals surface area (Å²) in [6.07, 6.45) is 0.605. The van der Waals surface area contributed by atoms with E-state index in [-0.39, 0.29) is 23.4 Å². The van der Waals surface area contributed by atoms with Crippen molar-refractivity contribution in [2.75, 3.05) is 0 Å².